The van der Waals surface area contributed by atoms with Gasteiger partial charge in [0.05, 0.1) is 0 Å². The van der Waals surface area contributed by atoms with Crippen LogP contribution in [0.2, 0.25) is 0 Å². The van der Waals surface area contributed by atoms with Crippen LogP contribution < -0.4 is 5.73 Å². The molecule has 21 heavy (non-hydrogen) atoms. The summed E-state index contributed by atoms with van der Waals surface area (Å²) in [5.74, 6) is 1.08. The molecular weight excluding hydrogens is 276 g/mol. The Labute approximate surface area is 130 Å². The van der Waals surface area contributed by atoms with Crippen molar-refractivity contribution in [2.75, 3.05) is 12.3 Å². The van der Waals surface area contributed by atoms with Crippen LogP contribution >= 0.6 is 11.8 Å². The molecule has 0 spiro atoms. The normalized spacial score (nSPS) is 11.1. The Bertz CT molecular complexity index is 704. The van der Waals surface area contributed by atoms with Crippen molar-refractivity contribution in [3.8, 4) is 0 Å². The first-order chi connectivity index (χ1) is 10.4. The molecule has 2 nitrogen and oxygen atoms in total. The Balaban J connectivity index is 1.67. The highest BCUT2D eigenvalue weighted by Gasteiger charge is 2.02. The van der Waals surface area contributed by atoms with E-state index in [0.29, 0.717) is 6.54 Å². The number of aromatic nitrogens is 1. The van der Waals surface area contributed by atoms with Crippen LogP contribution in [0.25, 0.3) is 10.9 Å². The number of nitrogens with zero attached hydrogens (tertiary/aromatic N) is 1. The van der Waals surface area contributed by atoms with Crippen LogP contribution in [0.4, 0.5) is 0 Å². The van der Waals surface area contributed by atoms with Gasteiger partial charge in [-0.1, -0.05) is 24.3 Å². The minimum Gasteiger partial charge on any atom is -0.347 e. The molecule has 0 saturated carbocycles. The minimum absolute atomic E-state index is 0.708. The van der Waals surface area contributed by atoms with E-state index in [1.807, 2.05) is 11.8 Å². The number of nitrogens with two attached hydrogens (primary N) is 1. The molecule has 2 N–H and O–H groups in total. The van der Waals surface area contributed by atoms with Crippen molar-refractivity contribution in [3.63, 3.8) is 0 Å². The summed E-state index contributed by atoms with van der Waals surface area (Å²) in [6, 6.07) is 19.4. The molecule has 2 aromatic carbocycles. The second-order valence-electron chi connectivity index (χ2n) is 5.10. The summed E-state index contributed by atoms with van der Waals surface area (Å²) in [4.78, 5) is 1.33. The molecule has 0 saturated heterocycles. The van der Waals surface area contributed by atoms with Gasteiger partial charge in [0, 0.05) is 28.9 Å². The van der Waals surface area contributed by atoms with Crippen LogP contribution in [-0.4, -0.2) is 16.9 Å². The molecule has 0 amide bonds. The highest BCUT2D eigenvalue weighted by atomic mass is 32.2. The smallest absolute Gasteiger partial charge is 0.0480 e. The summed E-state index contributed by atoms with van der Waals surface area (Å²) in [5, 5.41) is 1.31. The Hall–Kier alpha value is -1.71. The highest BCUT2D eigenvalue weighted by molar-refractivity contribution is 7.99. The number of benzene rings is 2. The van der Waals surface area contributed by atoms with Crippen LogP contribution in [-0.2, 0) is 13.0 Å². The number of rotatable bonds is 6. The van der Waals surface area contributed by atoms with Gasteiger partial charge in [-0.2, -0.15) is 0 Å². The molecule has 0 aliphatic carbocycles. The van der Waals surface area contributed by atoms with E-state index in [1.165, 1.54) is 21.4 Å². The van der Waals surface area contributed by atoms with Crippen molar-refractivity contribution < 1.29 is 0 Å². The van der Waals surface area contributed by atoms with Crippen LogP contribution in [0, 0.1) is 0 Å². The Kier molecular flexibility index (Phi) is 4.63. The summed E-state index contributed by atoms with van der Waals surface area (Å²) in [5.41, 5.74) is 8.25. The molecule has 3 rings (SSSR count). The molecule has 0 bridgehead atoms. The number of aryl methyl sites for hydroxylation is 1. The lowest BCUT2D eigenvalue weighted by atomic mass is 10.1. The van der Waals surface area contributed by atoms with E-state index in [2.05, 4.69) is 65.4 Å². The van der Waals surface area contributed by atoms with Crippen molar-refractivity contribution in [1.82, 2.24) is 4.57 Å². The summed E-state index contributed by atoms with van der Waals surface area (Å²) < 4.78 is 2.33. The largest absolute Gasteiger partial charge is 0.347 e. The van der Waals surface area contributed by atoms with E-state index < -0.39 is 0 Å². The lowest BCUT2D eigenvalue weighted by Gasteiger charge is -2.06. The predicted octanol–water partition coefficient (Wildman–Crippen LogP) is 3.93. The maximum atomic E-state index is 5.62. The Morgan fingerprint density at radius 3 is 2.67 bits per heavy atom. The zero-order valence-corrected chi connectivity index (χ0v) is 12.9. The molecule has 0 aliphatic rings. The molecule has 3 aromatic rings. The monoisotopic (exact) mass is 296 g/mol. The fourth-order valence-electron chi connectivity index (χ4n) is 2.55. The van der Waals surface area contributed by atoms with E-state index in [1.54, 1.807) is 0 Å². The minimum atomic E-state index is 0.708. The van der Waals surface area contributed by atoms with Gasteiger partial charge in [0.25, 0.3) is 0 Å². The summed E-state index contributed by atoms with van der Waals surface area (Å²) in [7, 11) is 0. The Morgan fingerprint density at radius 2 is 1.86 bits per heavy atom. The van der Waals surface area contributed by atoms with E-state index in [9.17, 15) is 0 Å². The fraction of sp³-hybridized carbons (Fsp3) is 0.222. The zero-order valence-electron chi connectivity index (χ0n) is 12.0. The van der Waals surface area contributed by atoms with E-state index in [4.69, 9.17) is 5.73 Å². The fourth-order valence-corrected chi connectivity index (χ4v) is 3.42. The van der Waals surface area contributed by atoms with Crippen LogP contribution in [0.3, 0.4) is 0 Å². The standard InChI is InChI=1S/C18H20N2S/c19-10-8-15-6-7-18-16(14-15)9-11-20(18)12-13-21-17-4-2-1-3-5-17/h1-7,9,11,14H,8,10,12-13,19H2. The number of hydrogen-bond acceptors (Lipinski definition) is 2. The highest BCUT2D eigenvalue weighted by Crippen LogP contribution is 2.21. The third-order valence-electron chi connectivity index (χ3n) is 3.61. The van der Waals surface area contributed by atoms with Gasteiger partial charge in [-0.05, 0) is 54.2 Å². The number of fused-ring (bicyclic) bond motifs is 1. The molecule has 0 unspecified atom stereocenters. The number of hydrogen-bond donors (Lipinski definition) is 1. The van der Waals surface area contributed by atoms with Gasteiger partial charge in [-0.15, -0.1) is 11.8 Å². The van der Waals surface area contributed by atoms with Crippen LogP contribution in [0.5, 0.6) is 0 Å². The lowest BCUT2D eigenvalue weighted by Crippen LogP contribution is -2.02. The average Bonchev–Trinajstić information content (AvgIpc) is 2.91. The second-order valence-corrected chi connectivity index (χ2v) is 6.27. The van der Waals surface area contributed by atoms with Gasteiger partial charge < -0.3 is 10.3 Å². The van der Waals surface area contributed by atoms with Crippen molar-refractivity contribution in [3.05, 3.63) is 66.4 Å². The van der Waals surface area contributed by atoms with Gasteiger partial charge in [0.2, 0.25) is 0 Å². The van der Waals surface area contributed by atoms with E-state index in [-0.39, 0.29) is 0 Å². The first-order valence-corrected chi connectivity index (χ1v) is 8.31. The second kappa shape index (κ2) is 6.83. The van der Waals surface area contributed by atoms with Crippen LogP contribution in [0.15, 0.2) is 65.7 Å². The maximum absolute atomic E-state index is 5.62. The average molecular weight is 296 g/mol. The maximum Gasteiger partial charge on any atom is 0.0480 e. The SMILES string of the molecule is NCCc1ccc2c(ccn2CCSc2ccccc2)c1. The third-order valence-corrected chi connectivity index (χ3v) is 4.60. The molecule has 3 heteroatoms. The van der Waals surface area contributed by atoms with Gasteiger partial charge in [-0.25, -0.2) is 0 Å². The molecular formula is C18H20N2S. The molecule has 0 radical (unpaired) electrons. The molecule has 0 fully saturated rings. The molecule has 1 aromatic heterocycles. The molecule has 0 atom stereocenters. The molecule has 1 heterocycles. The predicted molar refractivity (Wildman–Crippen MR) is 91.9 cm³/mol. The summed E-state index contributed by atoms with van der Waals surface area (Å²) in [6.07, 6.45) is 3.13. The zero-order chi connectivity index (χ0) is 14.5. The molecule has 0 aliphatic heterocycles. The quantitative estimate of drug-likeness (QED) is 0.699. The van der Waals surface area contributed by atoms with Gasteiger partial charge >= 0.3 is 0 Å². The topological polar surface area (TPSA) is 30.9 Å². The van der Waals surface area contributed by atoms with Crippen molar-refractivity contribution in [2.24, 2.45) is 5.73 Å². The van der Waals surface area contributed by atoms with E-state index in [0.717, 1.165) is 18.7 Å². The lowest BCUT2D eigenvalue weighted by molar-refractivity contribution is 0.807. The first-order valence-electron chi connectivity index (χ1n) is 7.32. The summed E-state index contributed by atoms with van der Waals surface area (Å²) >= 11 is 1.90. The van der Waals surface area contributed by atoms with Gasteiger partial charge in [0.1, 0.15) is 0 Å². The first kappa shape index (κ1) is 14.2. The van der Waals surface area contributed by atoms with Gasteiger partial charge in [0.15, 0.2) is 0 Å². The van der Waals surface area contributed by atoms with E-state index >= 15 is 0 Å². The van der Waals surface area contributed by atoms with Crippen molar-refractivity contribution >= 4 is 22.7 Å². The van der Waals surface area contributed by atoms with Gasteiger partial charge in [-0.3, -0.25) is 0 Å². The number of thioether (sulfide) groups is 1. The van der Waals surface area contributed by atoms with Crippen molar-refractivity contribution in [1.29, 1.82) is 0 Å². The summed E-state index contributed by atoms with van der Waals surface area (Å²) in [6.45, 7) is 1.74. The molecule has 108 valence electrons. The Morgan fingerprint density at radius 1 is 1.00 bits per heavy atom. The van der Waals surface area contributed by atoms with Crippen molar-refractivity contribution in [2.45, 2.75) is 17.9 Å². The van der Waals surface area contributed by atoms with Crippen LogP contribution in [0.1, 0.15) is 5.56 Å². The third kappa shape index (κ3) is 3.49.